The molecule has 0 unspecified atom stereocenters. The molecule has 1 heterocycles. The second kappa shape index (κ2) is 2.77. The lowest BCUT2D eigenvalue weighted by Crippen LogP contribution is -1.69. The lowest BCUT2D eigenvalue weighted by atomic mass is 10.2. The average molecular weight is 180 g/mol. The molecule has 0 aromatic heterocycles. The minimum absolute atomic E-state index is 0.946. The van der Waals surface area contributed by atoms with Crippen molar-refractivity contribution in [1.82, 2.24) is 9.97 Å². The van der Waals surface area contributed by atoms with Gasteiger partial charge in [0.15, 0.2) is 0 Å². The van der Waals surface area contributed by atoms with E-state index in [1.165, 1.54) is 10.8 Å². The predicted octanol–water partition coefficient (Wildman–Crippen LogP) is 2.73. The molecule has 2 aliphatic rings. The summed E-state index contributed by atoms with van der Waals surface area (Å²) < 4.78 is 0. The largest absolute Gasteiger partial charge is 0.235 e. The monoisotopic (exact) mass is 180 g/mol. The van der Waals surface area contributed by atoms with Crippen LogP contribution in [0.25, 0.3) is 22.2 Å². The highest BCUT2D eigenvalue weighted by atomic mass is 14.9. The molecule has 1 aromatic carbocycles. The molecule has 1 aromatic rings. The number of nitrogens with zero attached hydrogens (tertiary/aromatic N) is 2. The fourth-order valence-electron chi connectivity index (χ4n) is 1.64. The number of imidazole rings is 1. The van der Waals surface area contributed by atoms with Gasteiger partial charge >= 0.3 is 0 Å². The molecule has 0 spiro atoms. The van der Waals surface area contributed by atoms with Crippen molar-refractivity contribution in [1.29, 1.82) is 0 Å². The van der Waals surface area contributed by atoms with E-state index >= 15 is 0 Å². The molecule has 0 amide bonds. The number of benzene rings is 1. The zero-order valence-corrected chi connectivity index (χ0v) is 7.51. The number of hydrogen-bond donors (Lipinski definition) is 0. The third-order valence-corrected chi connectivity index (χ3v) is 2.37. The van der Waals surface area contributed by atoms with Crippen LogP contribution in [0.1, 0.15) is 0 Å². The maximum absolute atomic E-state index is 4.20. The topological polar surface area (TPSA) is 25.8 Å². The highest BCUT2D eigenvalue weighted by Gasteiger charge is 2.02. The first-order valence-electron chi connectivity index (χ1n) is 4.53. The van der Waals surface area contributed by atoms with Crippen molar-refractivity contribution < 1.29 is 0 Å². The second-order valence-corrected chi connectivity index (χ2v) is 3.25. The van der Waals surface area contributed by atoms with Crippen molar-refractivity contribution in [3.05, 3.63) is 48.8 Å². The summed E-state index contributed by atoms with van der Waals surface area (Å²) >= 11 is 0. The van der Waals surface area contributed by atoms with E-state index in [1.54, 1.807) is 6.33 Å². The standard InChI is InChI=1S/C12H8N2/c1-2-4-10-7-12-11(13-8-14-12)6-5-9(10)3-1/h1-8H. The Hall–Kier alpha value is -1.96. The summed E-state index contributed by atoms with van der Waals surface area (Å²) in [6.45, 7) is 0. The van der Waals surface area contributed by atoms with E-state index in [2.05, 4.69) is 34.2 Å². The van der Waals surface area contributed by atoms with E-state index in [9.17, 15) is 0 Å². The molecule has 2 nitrogen and oxygen atoms in total. The summed E-state index contributed by atoms with van der Waals surface area (Å²) in [5.74, 6) is 0. The second-order valence-electron chi connectivity index (χ2n) is 3.25. The fourth-order valence-corrected chi connectivity index (χ4v) is 1.64. The van der Waals surface area contributed by atoms with Crippen LogP contribution >= 0.6 is 0 Å². The Morgan fingerprint density at radius 1 is 0.714 bits per heavy atom. The van der Waals surface area contributed by atoms with Gasteiger partial charge in [0.1, 0.15) is 6.33 Å². The van der Waals surface area contributed by atoms with Gasteiger partial charge < -0.3 is 0 Å². The minimum atomic E-state index is 0.946. The lowest BCUT2D eigenvalue weighted by molar-refractivity contribution is 1.33. The first-order valence-corrected chi connectivity index (χ1v) is 4.53. The number of rotatable bonds is 0. The fraction of sp³-hybridized carbons (Fsp3) is 0. The summed E-state index contributed by atoms with van der Waals surface area (Å²) in [6, 6.07) is 14.4. The molecule has 0 fully saturated rings. The Balaban J connectivity index is 2.48. The number of fused-ring (bicyclic) bond motifs is 2. The number of aromatic nitrogens is 2. The molecule has 0 bridgehead atoms. The average Bonchev–Trinajstić information content (AvgIpc) is 2.58. The zero-order chi connectivity index (χ0) is 9.38. The van der Waals surface area contributed by atoms with Crippen LogP contribution in [0.15, 0.2) is 48.8 Å². The van der Waals surface area contributed by atoms with Crippen molar-refractivity contribution in [3.63, 3.8) is 0 Å². The summed E-state index contributed by atoms with van der Waals surface area (Å²) in [4.78, 5) is 8.37. The van der Waals surface area contributed by atoms with Gasteiger partial charge in [-0.1, -0.05) is 30.3 Å². The van der Waals surface area contributed by atoms with Crippen molar-refractivity contribution in [3.8, 4) is 11.4 Å². The lowest BCUT2D eigenvalue weighted by Gasteiger charge is -1.88. The maximum Gasteiger partial charge on any atom is 0.116 e. The highest BCUT2D eigenvalue weighted by molar-refractivity contribution is 5.85. The maximum atomic E-state index is 4.20. The van der Waals surface area contributed by atoms with Gasteiger partial charge in [0.2, 0.25) is 0 Å². The van der Waals surface area contributed by atoms with Crippen LogP contribution < -0.4 is 0 Å². The quantitative estimate of drug-likeness (QED) is 0.531. The Labute approximate surface area is 81.6 Å². The van der Waals surface area contributed by atoms with E-state index in [-0.39, 0.29) is 0 Å². The van der Waals surface area contributed by atoms with Gasteiger partial charge in [-0.05, 0) is 22.9 Å². The Morgan fingerprint density at radius 3 is 2.43 bits per heavy atom. The van der Waals surface area contributed by atoms with Crippen LogP contribution in [-0.4, -0.2) is 9.97 Å². The predicted molar refractivity (Wildman–Crippen MR) is 56.2 cm³/mol. The van der Waals surface area contributed by atoms with Gasteiger partial charge in [-0.3, -0.25) is 0 Å². The van der Waals surface area contributed by atoms with Gasteiger partial charge in [0.05, 0.1) is 11.4 Å². The highest BCUT2D eigenvalue weighted by Crippen LogP contribution is 2.21. The molecule has 0 saturated carbocycles. The summed E-state index contributed by atoms with van der Waals surface area (Å²) in [6.07, 6.45) is 1.60. The van der Waals surface area contributed by atoms with Crippen molar-refractivity contribution in [2.24, 2.45) is 0 Å². The van der Waals surface area contributed by atoms with Crippen LogP contribution in [-0.2, 0) is 0 Å². The molecule has 0 N–H and O–H groups in total. The van der Waals surface area contributed by atoms with Gasteiger partial charge in [-0.15, -0.1) is 0 Å². The molecule has 1 aliphatic carbocycles. The molecule has 2 heteroatoms. The van der Waals surface area contributed by atoms with E-state index in [0.717, 1.165) is 11.4 Å². The van der Waals surface area contributed by atoms with Crippen LogP contribution in [0.2, 0.25) is 0 Å². The van der Waals surface area contributed by atoms with Crippen molar-refractivity contribution in [2.75, 3.05) is 0 Å². The molecule has 1 aliphatic heterocycles. The Morgan fingerprint density at radius 2 is 1.50 bits per heavy atom. The zero-order valence-electron chi connectivity index (χ0n) is 7.51. The normalized spacial score (nSPS) is 10.9. The molecule has 66 valence electrons. The Kier molecular flexibility index (Phi) is 1.47. The van der Waals surface area contributed by atoms with Gasteiger partial charge in [-0.2, -0.15) is 0 Å². The van der Waals surface area contributed by atoms with Crippen LogP contribution in [0.5, 0.6) is 0 Å². The van der Waals surface area contributed by atoms with Gasteiger partial charge in [0.25, 0.3) is 0 Å². The van der Waals surface area contributed by atoms with E-state index in [4.69, 9.17) is 0 Å². The smallest absolute Gasteiger partial charge is 0.116 e. The first-order chi connectivity index (χ1) is 6.93. The van der Waals surface area contributed by atoms with Gasteiger partial charge in [0, 0.05) is 0 Å². The van der Waals surface area contributed by atoms with E-state index in [0.29, 0.717) is 0 Å². The summed E-state index contributed by atoms with van der Waals surface area (Å²) in [5.41, 5.74) is 1.90. The van der Waals surface area contributed by atoms with Crippen LogP contribution in [0.4, 0.5) is 0 Å². The van der Waals surface area contributed by atoms with E-state index < -0.39 is 0 Å². The molecule has 3 rings (SSSR count). The molecule has 14 heavy (non-hydrogen) atoms. The number of hydrogen-bond acceptors (Lipinski definition) is 2. The first kappa shape index (κ1) is 7.44. The third kappa shape index (κ3) is 1.04. The third-order valence-electron chi connectivity index (χ3n) is 2.37. The minimum Gasteiger partial charge on any atom is -0.235 e. The summed E-state index contributed by atoms with van der Waals surface area (Å²) in [7, 11) is 0. The molecular weight excluding hydrogens is 172 g/mol. The molecular formula is C12H8N2. The molecule has 0 saturated heterocycles. The summed E-state index contributed by atoms with van der Waals surface area (Å²) in [5, 5.41) is 2.41. The molecule has 0 radical (unpaired) electrons. The molecule has 0 atom stereocenters. The van der Waals surface area contributed by atoms with Crippen LogP contribution in [0, 0.1) is 0 Å². The van der Waals surface area contributed by atoms with Gasteiger partial charge in [-0.25, -0.2) is 9.97 Å². The van der Waals surface area contributed by atoms with Crippen LogP contribution in [0.3, 0.4) is 0 Å². The Bertz CT molecular complexity index is 560. The van der Waals surface area contributed by atoms with Crippen molar-refractivity contribution >= 4 is 10.8 Å². The van der Waals surface area contributed by atoms with Crippen molar-refractivity contribution in [2.45, 2.75) is 0 Å². The SMILES string of the molecule is c1ccc2cc3ncnc-3ccc2c1. The van der Waals surface area contributed by atoms with E-state index in [1.807, 2.05) is 18.2 Å².